The summed E-state index contributed by atoms with van der Waals surface area (Å²) in [5, 5.41) is 8.68. The van der Waals surface area contributed by atoms with Gasteiger partial charge >= 0.3 is 0 Å². The number of aliphatic hydroxyl groups excluding tert-OH is 1. The number of rotatable bonds is 6. The van der Waals surface area contributed by atoms with Gasteiger partial charge in [0.15, 0.2) is 0 Å². The molecule has 13 heavy (non-hydrogen) atoms. The van der Waals surface area contributed by atoms with Crippen molar-refractivity contribution in [3.8, 4) is 0 Å². The quantitative estimate of drug-likeness (QED) is 0.656. The molecule has 0 aliphatic carbocycles. The molecule has 1 atom stereocenters. The Morgan fingerprint density at radius 2 is 1.85 bits per heavy atom. The van der Waals surface area contributed by atoms with Crippen LogP contribution in [0.25, 0.3) is 0 Å². The molecule has 0 aromatic heterocycles. The predicted molar refractivity (Wildman–Crippen MR) is 52.9 cm³/mol. The Morgan fingerprint density at radius 3 is 2.23 bits per heavy atom. The van der Waals surface area contributed by atoms with E-state index in [1.54, 1.807) is 6.92 Å². The fourth-order valence-corrected chi connectivity index (χ4v) is 2.37. The molecule has 2 N–H and O–H groups in total. The highest BCUT2D eigenvalue weighted by molar-refractivity contribution is 7.89. The predicted octanol–water partition coefficient (Wildman–Crippen LogP) is 0.190. The van der Waals surface area contributed by atoms with Gasteiger partial charge in [0.1, 0.15) is 0 Å². The Morgan fingerprint density at radius 1 is 1.31 bits per heavy atom. The van der Waals surface area contributed by atoms with Crippen LogP contribution in [0.4, 0.5) is 0 Å². The molecule has 80 valence electrons. The van der Waals surface area contributed by atoms with Crippen LogP contribution in [0.2, 0.25) is 0 Å². The molecule has 1 unspecified atom stereocenters. The van der Waals surface area contributed by atoms with E-state index in [0.29, 0.717) is 6.54 Å². The van der Waals surface area contributed by atoms with Gasteiger partial charge in [0, 0.05) is 13.2 Å². The van der Waals surface area contributed by atoms with Crippen molar-refractivity contribution in [1.82, 2.24) is 4.72 Å². The van der Waals surface area contributed by atoms with Crippen LogP contribution in [-0.2, 0) is 10.0 Å². The molecule has 0 heterocycles. The molecule has 4 nitrogen and oxygen atoms in total. The Bertz CT molecular complexity index is 224. The summed E-state index contributed by atoms with van der Waals surface area (Å²) in [4.78, 5) is 0. The maximum atomic E-state index is 11.3. The number of aliphatic hydroxyl groups is 1. The third kappa shape index (κ3) is 6.98. The summed E-state index contributed by atoms with van der Waals surface area (Å²) in [6, 6.07) is 0. The molecule has 0 saturated carbocycles. The molecule has 0 amide bonds. The SMILES string of the molecule is CC(C)CS(=O)(=O)NCC(C)CO. The van der Waals surface area contributed by atoms with E-state index < -0.39 is 10.0 Å². The summed E-state index contributed by atoms with van der Waals surface area (Å²) in [5.41, 5.74) is 0. The topological polar surface area (TPSA) is 66.4 Å². The lowest BCUT2D eigenvalue weighted by Crippen LogP contribution is -2.32. The van der Waals surface area contributed by atoms with Crippen molar-refractivity contribution in [1.29, 1.82) is 0 Å². The van der Waals surface area contributed by atoms with Gasteiger partial charge in [0.05, 0.1) is 5.75 Å². The molecule has 0 aliphatic heterocycles. The lowest BCUT2D eigenvalue weighted by atomic mass is 10.2. The molecular weight excluding hydrogens is 190 g/mol. The van der Waals surface area contributed by atoms with Gasteiger partial charge in [0.25, 0.3) is 0 Å². The van der Waals surface area contributed by atoms with E-state index in [4.69, 9.17) is 5.11 Å². The molecule has 5 heteroatoms. The highest BCUT2D eigenvalue weighted by Gasteiger charge is 2.13. The minimum absolute atomic E-state index is 0.00417. The molecule has 0 rings (SSSR count). The van der Waals surface area contributed by atoms with Crippen LogP contribution in [0, 0.1) is 11.8 Å². The van der Waals surface area contributed by atoms with E-state index in [2.05, 4.69) is 4.72 Å². The van der Waals surface area contributed by atoms with Gasteiger partial charge in [-0.25, -0.2) is 13.1 Å². The molecule has 0 spiro atoms. The molecule has 0 saturated heterocycles. The zero-order valence-electron chi connectivity index (χ0n) is 8.45. The second kappa shape index (κ2) is 5.57. The summed E-state index contributed by atoms with van der Waals surface area (Å²) < 4.78 is 25.0. The highest BCUT2D eigenvalue weighted by Crippen LogP contribution is 1.98. The second-order valence-electron chi connectivity index (χ2n) is 3.81. The van der Waals surface area contributed by atoms with E-state index in [-0.39, 0.29) is 24.2 Å². The smallest absolute Gasteiger partial charge is 0.211 e. The Hall–Kier alpha value is -0.130. The minimum Gasteiger partial charge on any atom is -0.396 e. The van der Waals surface area contributed by atoms with E-state index in [1.807, 2.05) is 13.8 Å². The monoisotopic (exact) mass is 209 g/mol. The number of sulfonamides is 1. The van der Waals surface area contributed by atoms with Gasteiger partial charge in [-0.1, -0.05) is 20.8 Å². The summed E-state index contributed by atoms with van der Waals surface area (Å²) >= 11 is 0. The maximum Gasteiger partial charge on any atom is 0.211 e. The van der Waals surface area contributed by atoms with Crippen LogP contribution in [0.15, 0.2) is 0 Å². The summed E-state index contributed by atoms with van der Waals surface area (Å²) in [7, 11) is -3.15. The highest BCUT2D eigenvalue weighted by atomic mass is 32.2. The fraction of sp³-hybridized carbons (Fsp3) is 1.00. The zero-order chi connectivity index (χ0) is 10.5. The Balaban J connectivity index is 3.90. The first-order chi connectivity index (χ1) is 5.87. The second-order valence-corrected chi connectivity index (χ2v) is 5.66. The van der Waals surface area contributed by atoms with E-state index in [9.17, 15) is 8.42 Å². The van der Waals surface area contributed by atoms with Crippen molar-refractivity contribution in [2.45, 2.75) is 20.8 Å². The molecule has 0 aromatic carbocycles. The van der Waals surface area contributed by atoms with Crippen molar-refractivity contribution >= 4 is 10.0 Å². The number of hydrogen-bond acceptors (Lipinski definition) is 3. The summed E-state index contributed by atoms with van der Waals surface area (Å²) in [5.74, 6) is 0.245. The zero-order valence-corrected chi connectivity index (χ0v) is 9.26. The van der Waals surface area contributed by atoms with Gasteiger partial charge in [-0.2, -0.15) is 0 Å². The van der Waals surface area contributed by atoms with Crippen molar-refractivity contribution in [3.63, 3.8) is 0 Å². The van der Waals surface area contributed by atoms with Crippen LogP contribution in [0.1, 0.15) is 20.8 Å². The minimum atomic E-state index is -3.15. The Labute approximate surface area is 80.4 Å². The average Bonchev–Trinajstić information content (AvgIpc) is 1.98. The van der Waals surface area contributed by atoms with Crippen LogP contribution >= 0.6 is 0 Å². The van der Waals surface area contributed by atoms with Gasteiger partial charge in [-0.3, -0.25) is 0 Å². The summed E-state index contributed by atoms with van der Waals surface area (Å²) in [6.45, 7) is 5.82. The Kier molecular flexibility index (Phi) is 5.51. The van der Waals surface area contributed by atoms with E-state index in [0.717, 1.165) is 0 Å². The fourth-order valence-electron chi connectivity index (χ4n) is 0.832. The van der Waals surface area contributed by atoms with E-state index >= 15 is 0 Å². The third-order valence-electron chi connectivity index (χ3n) is 1.52. The maximum absolute atomic E-state index is 11.3. The van der Waals surface area contributed by atoms with Crippen LogP contribution in [-0.4, -0.2) is 32.4 Å². The van der Waals surface area contributed by atoms with Crippen molar-refractivity contribution in [2.75, 3.05) is 18.9 Å². The molecule has 0 fully saturated rings. The van der Waals surface area contributed by atoms with Crippen LogP contribution in [0.3, 0.4) is 0 Å². The van der Waals surface area contributed by atoms with E-state index in [1.165, 1.54) is 0 Å². The van der Waals surface area contributed by atoms with Gasteiger partial charge in [-0.05, 0) is 11.8 Å². The first-order valence-electron chi connectivity index (χ1n) is 4.45. The molecule has 0 aliphatic rings. The van der Waals surface area contributed by atoms with Crippen molar-refractivity contribution in [2.24, 2.45) is 11.8 Å². The van der Waals surface area contributed by atoms with Crippen molar-refractivity contribution < 1.29 is 13.5 Å². The standard InChI is InChI=1S/C8H19NO3S/c1-7(2)6-13(11,12)9-4-8(3)5-10/h7-10H,4-6H2,1-3H3. The van der Waals surface area contributed by atoms with Crippen molar-refractivity contribution in [3.05, 3.63) is 0 Å². The lowest BCUT2D eigenvalue weighted by Gasteiger charge is -2.11. The number of hydrogen-bond donors (Lipinski definition) is 2. The molecule has 0 bridgehead atoms. The number of nitrogens with one attached hydrogen (secondary N) is 1. The average molecular weight is 209 g/mol. The molecule has 0 radical (unpaired) electrons. The summed E-state index contributed by atoms with van der Waals surface area (Å²) in [6.07, 6.45) is 0. The molecular formula is C8H19NO3S. The van der Waals surface area contributed by atoms with Gasteiger partial charge < -0.3 is 5.11 Å². The van der Waals surface area contributed by atoms with Crippen LogP contribution < -0.4 is 4.72 Å². The first kappa shape index (κ1) is 12.9. The largest absolute Gasteiger partial charge is 0.396 e. The van der Waals surface area contributed by atoms with Gasteiger partial charge in [-0.15, -0.1) is 0 Å². The van der Waals surface area contributed by atoms with Gasteiger partial charge in [0.2, 0.25) is 10.0 Å². The first-order valence-corrected chi connectivity index (χ1v) is 6.10. The molecule has 0 aromatic rings. The third-order valence-corrected chi connectivity index (χ3v) is 3.23. The van der Waals surface area contributed by atoms with Crippen LogP contribution in [0.5, 0.6) is 0 Å². The lowest BCUT2D eigenvalue weighted by molar-refractivity contribution is 0.238. The normalized spacial score (nSPS) is 14.8.